The molecule has 0 unspecified atom stereocenters. The summed E-state index contributed by atoms with van der Waals surface area (Å²) >= 11 is 0. The number of nitro benzene ring substituents is 2. The van der Waals surface area contributed by atoms with Crippen molar-refractivity contribution in [2.24, 2.45) is 5.84 Å². The summed E-state index contributed by atoms with van der Waals surface area (Å²) in [5.74, 6) is 4.26. The van der Waals surface area contributed by atoms with Crippen LogP contribution in [0.1, 0.15) is 23.2 Å². The number of hydrogen-bond donors (Lipinski definition) is 2. The highest BCUT2D eigenvalue weighted by Crippen LogP contribution is 2.37. The van der Waals surface area contributed by atoms with Crippen molar-refractivity contribution in [2.45, 2.75) is 12.8 Å². The lowest BCUT2D eigenvalue weighted by Gasteiger charge is -2.20. The smallest absolute Gasteiger partial charge is 0.300 e. The van der Waals surface area contributed by atoms with E-state index in [0.29, 0.717) is 13.1 Å². The number of rotatable bonds is 4. The number of carbonyl (C=O) groups is 1. The molecule has 1 amide bonds. The topological polar surface area (TPSA) is 145 Å². The van der Waals surface area contributed by atoms with E-state index in [1.165, 1.54) is 0 Å². The number of carbonyl (C=O) groups excluding carboxylic acids is 1. The summed E-state index contributed by atoms with van der Waals surface area (Å²) in [5.41, 5.74) is 0.783. The monoisotopic (exact) mass is 295 g/mol. The minimum Gasteiger partial charge on any atom is -0.365 e. The number of benzene rings is 1. The van der Waals surface area contributed by atoms with Crippen molar-refractivity contribution >= 4 is 23.0 Å². The highest BCUT2D eigenvalue weighted by molar-refractivity contribution is 6.02. The third-order valence-electron chi connectivity index (χ3n) is 3.28. The van der Waals surface area contributed by atoms with Gasteiger partial charge in [0, 0.05) is 19.2 Å². The summed E-state index contributed by atoms with van der Waals surface area (Å²) in [4.78, 5) is 34.1. The van der Waals surface area contributed by atoms with Gasteiger partial charge in [-0.1, -0.05) is 0 Å². The molecule has 1 aromatic carbocycles. The lowest BCUT2D eigenvalue weighted by atomic mass is 10.1. The van der Waals surface area contributed by atoms with Gasteiger partial charge in [0.15, 0.2) is 0 Å². The van der Waals surface area contributed by atoms with Gasteiger partial charge in [0.05, 0.1) is 21.5 Å². The number of anilines is 1. The Hall–Kier alpha value is -2.75. The maximum Gasteiger partial charge on any atom is 0.300 e. The van der Waals surface area contributed by atoms with Gasteiger partial charge in [-0.15, -0.1) is 0 Å². The fourth-order valence-corrected chi connectivity index (χ4v) is 2.37. The van der Waals surface area contributed by atoms with E-state index in [0.717, 1.165) is 25.0 Å². The van der Waals surface area contributed by atoms with Crippen molar-refractivity contribution in [1.29, 1.82) is 0 Å². The molecule has 0 aliphatic carbocycles. The molecule has 3 N–H and O–H groups in total. The summed E-state index contributed by atoms with van der Waals surface area (Å²) < 4.78 is 0. The molecule has 10 nitrogen and oxygen atoms in total. The van der Waals surface area contributed by atoms with Crippen molar-refractivity contribution < 1.29 is 14.6 Å². The SMILES string of the molecule is NNC(=O)c1cc([N+](=O)[O-])cc([N+](=O)[O-])c1N1CCCC1. The molecule has 0 saturated carbocycles. The first kappa shape index (κ1) is 14.7. The van der Waals surface area contributed by atoms with Gasteiger partial charge in [-0.25, -0.2) is 5.84 Å². The van der Waals surface area contributed by atoms with Crippen LogP contribution in [-0.2, 0) is 0 Å². The largest absolute Gasteiger partial charge is 0.365 e. The van der Waals surface area contributed by atoms with Crippen LogP contribution in [0.4, 0.5) is 17.1 Å². The Morgan fingerprint density at radius 2 is 1.81 bits per heavy atom. The Labute approximate surface area is 118 Å². The lowest BCUT2D eigenvalue weighted by Crippen LogP contribution is -2.32. The van der Waals surface area contributed by atoms with Crippen LogP contribution in [0.15, 0.2) is 12.1 Å². The van der Waals surface area contributed by atoms with Gasteiger partial charge in [-0.3, -0.25) is 30.4 Å². The Bertz CT molecular complexity index is 611. The van der Waals surface area contributed by atoms with E-state index in [-0.39, 0.29) is 11.3 Å². The zero-order valence-corrected chi connectivity index (χ0v) is 10.9. The number of nitrogens with one attached hydrogen (secondary N) is 1. The molecule has 1 saturated heterocycles. The average Bonchev–Trinajstić information content (AvgIpc) is 2.98. The van der Waals surface area contributed by atoms with Crippen molar-refractivity contribution in [3.8, 4) is 0 Å². The molecular weight excluding hydrogens is 282 g/mol. The molecule has 2 rings (SSSR count). The first-order chi connectivity index (χ1) is 9.95. The van der Waals surface area contributed by atoms with E-state index in [1.54, 1.807) is 4.90 Å². The molecule has 0 spiro atoms. The molecule has 0 atom stereocenters. The highest BCUT2D eigenvalue weighted by Gasteiger charge is 2.31. The molecule has 0 radical (unpaired) electrons. The van der Waals surface area contributed by atoms with Crippen LogP contribution in [0.2, 0.25) is 0 Å². The van der Waals surface area contributed by atoms with E-state index < -0.39 is 27.1 Å². The fraction of sp³-hybridized carbons (Fsp3) is 0.364. The maximum atomic E-state index is 11.8. The number of nitrogen functional groups attached to an aromatic ring is 1. The van der Waals surface area contributed by atoms with Gasteiger partial charge in [0.25, 0.3) is 17.3 Å². The predicted molar refractivity (Wildman–Crippen MR) is 72.9 cm³/mol. The minimum absolute atomic E-state index is 0.0750. The zero-order valence-electron chi connectivity index (χ0n) is 10.9. The van der Waals surface area contributed by atoms with E-state index in [9.17, 15) is 25.0 Å². The van der Waals surface area contributed by atoms with Gasteiger partial charge in [-0.2, -0.15) is 0 Å². The molecule has 10 heteroatoms. The van der Waals surface area contributed by atoms with E-state index >= 15 is 0 Å². The van der Waals surface area contributed by atoms with Gasteiger partial charge in [0.1, 0.15) is 5.69 Å². The third-order valence-corrected chi connectivity index (χ3v) is 3.28. The van der Waals surface area contributed by atoms with Crippen LogP contribution < -0.4 is 16.2 Å². The maximum absolute atomic E-state index is 11.8. The van der Waals surface area contributed by atoms with Crippen molar-refractivity contribution in [2.75, 3.05) is 18.0 Å². The average molecular weight is 295 g/mol. The first-order valence-corrected chi connectivity index (χ1v) is 6.18. The Morgan fingerprint density at radius 1 is 1.19 bits per heavy atom. The number of nitro groups is 2. The molecule has 1 aromatic rings. The van der Waals surface area contributed by atoms with Crippen molar-refractivity contribution in [1.82, 2.24) is 5.43 Å². The summed E-state index contributed by atoms with van der Waals surface area (Å²) in [6, 6.07) is 1.86. The molecule has 1 fully saturated rings. The van der Waals surface area contributed by atoms with E-state index in [1.807, 2.05) is 5.43 Å². The van der Waals surface area contributed by atoms with Crippen LogP contribution in [-0.4, -0.2) is 28.8 Å². The highest BCUT2D eigenvalue weighted by atomic mass is 16.6. The second kappa shape index (κ2) is 5.71. The van der Waals surface area contributed by atoms with Gasteiger partial charge in [-0.05, 0) is 12.8 Å². The quantitative estimate of drug-likeness (QED) is 0.360. The van der Waals surface area contributed by atoms with E-state index in [4.69, 9.17) is 5.84 Å². The van der Waals surface area contributed by atoms with Crippen LogP contribution in [0.5, 0.6) is 0 Å². The first-order valence-electron chi connectivity index (χ1n) is 6.18. The zero-order chi connectivity index (χ0) is 15.6. The minimum atomic E-state index is -0.802. The third kappa shape index (κ3) is 2.74. The normalized spacial score (nSPS) is 14.0. The van der Waals surface area contributed by atoms with Gasteiger partial charge in [0.2, 0.25) is 0 Å². The van der Waals surface area contributed by atoms with Crippen molar-refractivity contribution in [3.05, 3.63) is 37.9 Å². The molecule has 0 aromatic heterocycles. The molecule has 21 heavy (non-hydrogen) atoms. The number of amides is 1. The van der Waals surface area contributed by atoms with E-state index in [2.05, 4.69) is 0 Å². The molecule has 0 bridgehead atoms. The lowest BCUT2D eigenvalue weighted by molar-refractivity contribution is -0.393. The second-order valence-corrected chi connectivity index (χ2v) is 4.54. The number of nitrogens with zero attached hydrogens (tertiary/aromatic N) is 3. The number of nitrogens with two attached hydrogens (primary N) is 1. The summed E-state index contributed by atoms with van der Waals surface area (Å²) in [5, 5.41) is 22.1. The van der Waals surface area contributed by atoms with Crippen LogP contribution in [0, 0.1) is 20.2 Å². The Balaban J connectivity index is 2.70. The molecule has 1 aliphatic heterocycles. The second-order valence-electron chi connectivity index (χ2n) is 4.54. The van der Waals surface area contributed by atoms with Crippen LogP contribution >= 0.6 is 0 Å². The molecule has 1 aliphatic rings. The number of hydrogen-bond acceptors (Lipinski definition) is 7. The number of non-ortho nitro benzene ring substituents is 1. The van der Waals surface area contributed by atoms with Crippen LogP contribution in [0.25, 0.3) is 0 Å². The van der Waals surface area contributed by atoms with Gasteiger partial charge >= 0.3 is 0 Å². The van der Waals surface area contributed by atoms with Crippen molar-refractivity contribution in [3.63, 3.8) is 0 Å². The fourth-order valence-electron chi connectivity index (χ4n) is 2.37. The molecule has 1 heterocycles. The summed E-state index contributed by atoms with van der Waals surface area (Å²) in [6.07, 6.45) is 1.66. The standard InChI is InChI=1S/C11H13N5O5/c12-13-11(17)8-5-7(15(18)19)6-9(16(20)21)10(8)14-3-1-2-4-14/h5-6H,1-4,12H2,(H,13,17). The summed E-state index contributed by atoms with van der Waals surface area (Å²) in [6.45, 7) is 1.09. The van der Waals surface area contributed by atoms with Crippen LogP contribution in [0.3, 0.4) is 0 Å². The summed E-state index contributed by atoms with van der Waals surface area (Å²) in [7, 11) is 0. The Kier molecular flexibility index (Phi) is 3.98. The Morgan fingerprint density at radius 3 is 2.29 bits per heavy atom. The predicted octanol–water partition coefficient (Wildman–Crippen LogP) is 0.707. The van der Waals surface area contributed by atoms with Gasteiger partial charge < -0.3 is 4.90 Å². The molecular formula is C11H13N5O5. The molecule has 112 valence electrons. The number of hydrazine groups is 1.